The van der Waals surface area contributed by atoms with Gasteiger partial charge in [-0.3, -0.25) is 0 Å². The Balaban J connectivity index is 1.19. The Morgan fingerprint density at radius 1 is 0.274 bits per heavy atom. The second-order valence-corrected chi connectivity index (χ2v) is 16.4. The van der Waals surface area contributed by atoms with Crippen LogP contribution < -0.4 is 0 Å². The predicted molar refractivity (Wildman–Crippen MR) is 258 cm³/mol. The van der Waals surface area contributed by atoms with Crippen molar-refractivity contribution >= 4 is 98.0 Å². The van der Waals surface area contributed by atoms with E-state index in [1.807, 2.05) is 12.1 Å². The van der Waals surface area contributed by atoms with E-state index < -0.39 is 0 Å². The number of hydrogen-bond donors (Lipinski definition) is 0. The molecule has 4 nitrogen and oxygen atoms in total. The molecule has 14 rings (SSSR count). The molecule has 0 unspecified atom stereocenters. The van der Waals surface area contributed by atoms with Crippen LogP contribution in [0.3, 0.4) is 0 Å². The van der Waals surface area contributed by atoms with Crippen LogP contribution in [0, 0.1) is 0 Å². The highest BCUT2D eigenvalue weighted by Crippen LogP contribution is 2.47. The van der Waals surface area contributed by atoms with Crippen molar-refractivity contribution in [3.8, 4) is 33.9 Å². The Morgan fingerprint density at radius 3 is 1.08 bits per heavy atom. The highest BCUT2D eigenvalue weighted by Gasteiger charge is 2.27. The molecule has 0 aliphatic carbocycles. The average Bonchev–Trinajstić information content (AvgIpc) is 4.10. The zero-order valence-electron chi connectivity index (χ0n) is 33.3. The van der Waals surface area contributed by atoms with E-state index in [2.05, 4.69) is 203 Å². The molecule has 0 radical (unpaired) electrons. The highest BCUT2D eigenvalue weighted by molar-refractivity contribution is 6.16. The first-order chi connectivity index (χ1) is 30.8. The largest absolute Gasteiger partial charge is 0.455 e. The van der Waals surface area contributed by atoms with Crippen molar-refractivity contribution in [2.75, 3.05) is 0 Å². The van der Waals surface area contributed by atoms with Crippen molar-refractivity contribution in [3.05, 3.63) is 206 Å². The van der Waals surface area contributed by atoms with Gasteiger partial charge >= 0.3 is 0 Å². The summed E-state index contributed by atoms with van der Waals surface area (Å²) >= 11 is 0. The molecule has 4 heterocycles. The van der Waals surface area contributed by atoms with Gasteiger partial charge in [-0.25, -0.2) is 0 Å². The van der Waals surface area contributed by atoms with Gasteiger partial charge in [-0.05, 0) is 80.8 Å². The number of para-hydroxylation sites is 4. The van der Waals surface area contributed by atoms with Gasteiger partial charge in [-0.1, -0.05) is 158 Å². The third kappa shape index (κ3) is 4.61. The summed E-state index contributed by atoms with van der Waals surface area (Å²) in [5.41, 5.74) is 12.0. The molecule has 14 aromatic rings. The van der Waals surface area contributed by atoms with Crippen molar-refractivity contribution < 1.29 is 8.83 Å². The molecular formula is C58H34N2O2. The molecule has 0 atom stereocenters. The molecule has 0 saturated heterocycles. The molecule has 62 heavy (non-hydrogen) atoms. The van der Waals surface area contributed by atoms with Crippen LogP contribution in [0.5, 0.6) is 0 Å². The Kier molecular flexibility index (Phi) is 6.80. The Morgan fingerprint density at radius 2 is 0.629 bits per heavy atom. The zero-order valence-corrected chi connectivity index (χ0v) is 33.3. The molecule has 4 aromatic heterocycles. The standard InChI is InChI=1S/C58H34N2O2/c1-3-17-37-35(15-1)31-49(41-21-7-5-19-39(37)41)59-51(47-27-13-25-45-43-23-9-11-29-55(43)61-57(45)47)33-54-53(59)34-52(48-28-14-26-46-44-24-10-12-30-56(44)62-58(46)48)60(54)50-32-36-16-2-4-18-38(36)40-20-6-8-22-42(40)50/h1-34H. The molecule has 0 aliphatic rings. The van der Waals surface area contributed by atoms with Gasteiger partial charge in [0.1, 0.15) is 22.3 Å². The van der Waals surface area contributed by atoms with Crippen LogP contribution in [-0.2, 0) is 0 Å². The van der Waals surface area contributed by atoms with Gasteiger partial charge in [-0.15, -0.1) is 0 Å². The quantitative estimate of drug-likeness (QED) is 0.167. The van der Waals surface area contributed by atoms with E-state index in [-0.39, 0.29) is 0 Å². The monoisotopic (exact) mass is 790 g/mol. The molecule has 10 aromatic carbocycles. The molecular weight excluding hydrogens is 757 g/mol. The van der Waals surface area contributed by atoms with Gasteiger partial charge < -0.3 is 18.0 Å². The first kappa shape index (κ1) is 33.5. The summed E-state index contributed by atoms with van der Waals surface area (Å²) in [4.78, 5) is 0. The van der Waals surface area contributed by atoms with Crippen LogP contribution in [-0.4, -0.2) is 9.13 Å². The molecule has 0 amide bonds. The number of hydrogen-bond acceptors (Lipinski definition) is 2. The first-order valence-corrected chi connectivity index (χ1v) is 21.2. The minimum atomic E-state index is 0.871. The molecule has 0 saturated carbocycles. The Labute approximate surface area is 354 Å². The Hall–Kier alpha value is -8.34. The lowest BCUT2D eigenvalue weighted by Crippen LogP contribution is -1.99. The summed E-state index contributed by atoms with van der Waals surface area (Å²) in [6, 6.07) is 74.4. The molecule has 0 aliphatic heterocycles. The van der Waals surface area contributed by atoms with E-state index in [1.54, 1.807) is 0 Å². The molecule has 0 fully saturated rings. The average molecular weight is 791 g/mol. The first-order valence-electron chi connectivity index (χ1n) is 21.2. The van der Waals surface area contributed by atoms with Crippen LogP contribution in [0.1, 0.15) is 0 Å². The summed E-state index contributed by atoms with van der Waals surface area (Å²) in [6.45, 7) is 0. The fraction of sp³-hybridized carbons (Fsp3) is 0. The van der Waals surface area contributed by atoms with Crippen molar-refractivity contribution in [2.24, 2.45) is 0 Å². The maximum Gasteiger partial charge on any atom is 0.144 e. The fourth-order valence-electron chi connectivity index (χ4n) is 10.4. The number of fused-ring (bicyclic) bond motifs is 13. The summed E-state index contributed by atoms with van der Waals surface area (Å²) < 4.78 is 18.6. The van der Waals surface area contributed by atoms with Gasteiger partial charge in [0, 0.05) is 43.4 Å². The second-order valence-electron chi connectivity index (χ2n) is 16.4. The SMILES string of the molecule is c1ccc2c(c1)cc(-n1c(-c3cccc4c3oc3ccccc34)cc3c1cc(-c1cccc4c1oc1ccccc14)n3-c1cc3ccccc3c3ccccc13)c1ccccc12. The second kappa shape index (κ2) is 12.6. The third-order valence-corrected chi connectivity index (χ3v) is 13.1. The van der Waals surface area contributed by atoms with Crippen molar-refractivity contribution in [1.29, 1.82) is 0 Å². The van der Waals surface area contributed by atoms with Gasteiger partial charge in [0.05, 0.1) is 33.8 Å². The van der Waals surface area contributed by atoms with Gasteiger partial charge in [0.25, 0.3) is 0 Å². The fourth-order valence-corrected chi connectivity index (χ4v) is 10.4. The number of nitrogens with zero attached hydrogens (tertiary/aromatic N) is 2. The lowest BCUT2D eigenvalue weighted by atomic mass is 9.99. The van der Waals surface area contributed by atoms with Gasteiger partial charge in [0.15, 0.2) is 0 Å². The summed E-state index contributed by atoms with van der Waals surface area (Å²) in [6.07, 6.45) is 0. The smallest absolute Gasteiger partial charge is 0.144 e. The summed E-state index contributed by atoms with van der Waals surface area (Å²) in [7, 11) is 0. The molecule has 0 N–H and O–H groups in total. The maximum atomic E-state index is 6.82. The number of benzene rings is 10. The topological polar surface area (TPSA) is 36.1 Å². The van der Waals surface area contributed by atoms with E-state index in [0.717, 1.165) is 88.8 Å². The zero-order chi connectivity index (χ0) is 40.5. The van der Waals surface area contributed by atoms with E-state index in [4.69, 9.17) is 8.83 Å². The number of furan rings is 2. The molecule has 288 valence electrons. The predicted octanol–water partition coefficient (Wildman–Crippen LogP) is 16.2. The lowest BCUT2D eigenvalue weighted by molar-refractivity contribution is 0.669. The van der Waals surface area contributed by atoms with Crippen LogP contribution in [0.2, 0.25) is 0 Å². The minimum absolute atomic E-state index is 0.871. The summed E-state index contributed by atoms with van der Waals surface area (Å²) in [5, 5.41) is 14.0. The lowest BCUT2D eigenvalue weighted by Gasteiger charge is -2.16. The maximum absolute atomic E-state index is 6.82. The van der Waals surface area contributed by atoms with Gasteiger partial charge in [0.2, 0.25) is 0 Å². The van der Waals surface area contributed by atoms with Crippen molar-refractivity contribution in [1.82, 2.24) is 9.13 Å². The van der Waals surface area contributed by atoms with Crippen LogP contribution >= 0.6 is 0 Å². The van der Waals surface area contributed by atoms with E-state index in [9.17, 15) is 0 Å². The van der Waals surface area contributed by atoms with Crippen molar-refractivity contribution in [3.63, 3.8) is 0 Å². The Bertz CT molecular complexity index is 3900. The molecule has 0 spiro atoms. The van der Waals surface area contributed by atoms with Crippen LogP contribution in [0.15, 0.2) is 215 Å². The van der Waals surface area contributed by atoms with Crippen molar-refractivity contribution in [2.45, 2.75) is 0 Å². The van der Waals surface area contributed by atoms with Crippen LogP contribution in [0.25, 0.3) is 132 Å². The van der Waals surface area contributed by atoms with Crippen LogP contribution in [0.4, 0.5) is 0 Å². The number of rotatable bonds is 4. The van der Waals surface area contributed by atoms with E-state index in [0.29, 0.717) is 0 Å². The minimum Gasteiger partial charge on any atom is -0.455 e. The van der Waals surface area contributed by atoms with E-state index in [1.165, 1.54) is 43.1 Å². The highest BCUT2D eigenvalue weighted by atomic mass is 16.3. The normalized spacial score (nSPS) is 12.2. The molecule has 0 bridgehead atoms. The number of aromatic nitrogens is 2. The third-order valence-electron chi connectivity index (χ3n) is 13.1. The summed E-state index contributed by atoms with van der Waals surface area (Å²) in [5.74, 6) is 0. The van der Waals surface area contributed by atoms with E-state index >= 15 is 0 Å². The molecule has 4 heteroatoms. The van der Waals surface area contributed by atoms with Gasteiger partial charge in [-0.2, -0.15) is 0 Å².